The molecule has 1 N–H and O–H groups in total. The maximum atomic E-state index is 14.7. The topological polar surface area (TPSA) is 34.1 Å². The van der Waals surface area contributed by atoms with Gasteiger partial charge in [0.15, 0.2) is 0 Å². The van der Waals surface area contributed by atoms with Crippen LogP contribution in [0, 0.1) is 11.6 Å². The van der Waals surface area contributed by atoms with E-state index in [0.717, 1.165) is 17.7 Å². The van der Waals surface area contributed by atoms with Gasteiger partial charge < -0.3 is 4.74 Å². The number of methoxy groups -OCH3 is 1. The quantitative estimate of drug-likeness (QED) is 0.241. The molecule has 0 aliphatic rings. The van der Waals surface area contributed by atoms with Gasteiger partial charge in [0.05, 0.1) is 28.9 Å². The summed E-state index contributed by atoms with van der Waals surface area (Å²) in [6.07, 6.45) is -3.28. The van der Waals surface area contributed by atoms with E-state index in [1.54, 1.807) is 24.3 Å². The zero-order chi connectivity index (χ0) is 26.6. The van der Waals surface area contributed by atoms with Crippen LogP contribution in [0.25, 0.3) is 0 Å². The van der Waals surface area contributed by atoms with Gasteiger partial charge in [0.2, 0.25) is 0 Å². The zero-order valence-corrected chi connectivity index (χ0v) is 20.4. The summed E-state index contributed by atoms with van der Waals surface area (Å²) in [6, 6.07) is 18.6. The lowest BCUT2D eigenvalue weighted by molar-refractivity contribution is -0.137. The van der Waals surface area contributed by atoms with Gasteiger partial charge in [-0.25, -0.2) is 8.78 Å². The summed E-state index contributed by atoms with van der Waals surface area (Å²) in [7, 11) is 1.39. The average Bonchev–Trinajstić information content (AvgIpc) is 2.87. The minimum Gasteiger partial charge on any atom is -0.496 e. The molecule has 0 bridgehead atoms. The number of aromatic nitrogens is 1. The molecule has 4 aromatic rings. The lowest BCUT2D eigenvalue weighted by Crippen LogP contribution is -2.46. The predicted molar refractivity (Wildman–Crippen MR) is 131 cm³/mol. The second-order valence-corrected chi connectivity index (χ2v) is 8.90. The highest BCUT2D eigenvalue weighted by molar-refractivity contribution is 6.30. The number of nitrogens with zero attached hydrogens (tertiary/aromatic N) is 1. The van der Waals surface area contributed by atoms with E-state index < -0.39 is 28.9 Å². The fourth-order valence-corrected chi connectivity index (χ4v) is 4.35. The Labute approximate surface area is 215 Å². The van der Waals surface area contributed by atoms with Crippen LogP contribution in [-0.2, 0) is 24.7 Å². The molecule has 0 radical (unpaired) electrons. The van der Waals surface area contributed by atoms with Gasteiger partial charge in [0.1, 0.15) is 17.4 Å². The molecule has 3 aromatic carbocycles. The van der Waals surface area contributed by atoms with Crippen LogP contribution in [0.15, 0.2) is 85.1 Å². The summed E-state index contributed by atoms with van der Waals surface area (Å²) in [6.45, 7) is 0.0401. The SMILES string of the molecule is COc1cc(F)ccc1CN[C@@](Cc1ccccc1)(c1cc(F)cc(C(F)(F)F)c1)c1ccc(Cl)cn1. The first kappa shape index (κ1) is 26.6. The number of ether oxygens (including phenoxy) is 1. The highest BCUT2D eigenvalue weighted by Gasteiger charge is 2.39. The Kier molecular flexibility index (Phi) is 7.80. The van der Waals surface area contributed by atoms with Gasteiger partial charge in [-0.2, -0.15) is 13.2 Å². The largest absolute Gasteiger partial charge is 0.496 e. The first-order valence-corrected chi connectivity index (χ1v) is 11.6. The van der Waals surface area contributed by atoms with Crippen molar-refractivity contribution in [2.45, 2.75) is 24.7 Å². The van der Waals surface area contributed by atoms with Crippen molar-refractivity contribution in [3.63, 3.8) is 0 Å². The van der Waals surface area contributed by atoms with Gasteiger partial charge >= 0.3 is 6.18 Å². The second-order valence-electron chi connectivity index (χ2n) is 8.47. The first-order chi connectivity index (χ1) is 17.6. The number of hydrogen-bond donors (Lipinski definition) is 1. The molecule has 0 aliphatic carbocycles. The Bertz CT molecular complexity index is 1360. The van der Waals surface area contributed by atoms with Crippen molar-refractivity contribution in [1.29, 1.82) is 0 Å². The molecule has 3 nitrogen and oxygen atoms in total. The first-order valence-electron chi connectivity index (χ1n) is 11.2. The van der Waals surface area contributed by atoms with Crippen LogP contribution in [0.5, 0.6) is 5.75 Å². The molecule has 0 saturated heterocycles. The van der Waals surface area contributed by atoms with Gasteiger partial charge in [-0.3, -0.25) is 10.3 Å². The molecule has 0 unspecified atom stereocenters. The maximum absolute atomic E-state index is 14.7. The molecule has 9 heteroatoms. The molecule has 192 valence electrons. The van der Waals surface area contributed by atoms with Crippen molar-refractivity contribution in [3.05, 3.63) is 130 Å². The van der Waals surface area contributed by atoms with E-state index in [9.17, 15) is 22.0 Å². The number of pyridine rings is 1. The van der Waals surface area contributed by atoms with E-state index in [1.165, 1.54) is 31.5 Å². The molecule has 0 saturated carbocycles. The van der Waals surface area contributed by atoms with Crippen molar-refractivity contribution in [1.82, 2.24) is 10.3 Å². The normalized spacial score (nSPS) is 13.3. The molecule has 1 heterocycles. The van der Waals surface area contributed by atoms with Crippen LogP contribution < -0.4 is 10.1 Å². The number of benzene rings is 3. The average molecular weight is 533 g/mol. The van der Waals surface area contributed by atoms with E-state index in [0.29, 0.717) is 22.3 Å². The molecular weight excluding hydrogens is 511 g/mol. The molecule has 1 atom stereocenters. The fraction of sp³-hybridized carbons (Fsp3) is 0.179. The van der Waals surface area contributed by atoms with Gasteiger partial charge in [-0.05, 0) is 47.5 Å². The van der Waals surface area contributed by atoms with Crippen molar-refractivity contribution in [2.24, 2.45) is 0 Å². The van der Waals surface area contributed by atoms with Crippen molar-refractivity contribution in [2.75, 3.05) is 7.11 Å². The maximum Gasteiger partial charge on any atom is 0.416 e. The Morgan fingerprint density at radius 3 is 2.24 bits per heavy atom. The molecule has 37 heavy (non-hydrogen) atoms. The third-order valence-electron chi connectivity index (χ3n) is 6.02. The predicted octanol–water partition coefficient (Wildman–Crippen LogP) is 7.32. The Hall–Kier alpha value is -3.49. The minimum atomic E-state index is -4.77. The third kappa shape index (κ3) is 6.09. The molecule has 0 aliphatic heterocycles. The minimum absolute atomic E-state index is 0.0135. The van der Waals surface area contributed by atoms with Crippen LogP contribution in [0.2, 0.25) is 5.02 Å². The smallest absolute Gasteiger partial charge is 0.416 e. The Morgan fingerprint density at radius 2 is 1.59 bits per heavy atom. The summed E-state index contributed by atoms with van der Waals surface area (Å²) in [5.74, 6) is -1.30. The summed E-state index contributed by atoms with van der Waals surface area (Å²) < 4.78 is 75.0. The van der Waals surface area contributed by atoms with Gasteiger partial charge in [-0.15, -0.1) is 0 Å². The molecule has 0 fully saturated rings. The van der Waals surface area contributed by atoms with Gasteiger partial charge in [-0.1, -0.05) is 48.0 Å². The highest BCUT2D eigenvalue weighted by atomic mass is 35.5. The van der Waals surface area contributed by atoms with Crippen molar-refractivity contribution >= 4 is 11.6 Å². The van der Waals surface area contributed by atoms with E-state index >= 15 is 0 Å². The van der Waals surface area contributed by atoms with E-state index in [4.69, 9.17) is 16.3 Å². The van der Waals surface area contributed by atoms with Crippen LogP contribution in [0.3, 0.4) is 0 Å². The van der Waals surface area contributed by atoms with E-state index in [2.05, 4.69) is 10.3 Å². The summed E-state index contributed by atoms with van der Waals surface area (Å²) in [5, 5.41) is 3.63. The number of rotatable bonds is 8. The Morgan fingerprint density at radius 1 is 0.865 bits per heavy atom. The van der Waals surface area contributed by atoms with Gasteiger partial charge in [0, 0.05) is 30.8 Å². The van der Waals surface area contributed by atoms with Crippen LogP contribution in [0.1, 0.15) is 27.9 Å². The lowest BCUT2D eigenvalue weighted by Gasteiger charge is -2.36. The Balaban J connectivity index is 1.94. The van der Waals surface area contributed by atoms with E-state index in [1.807, 2.05) is 18.2 Å². The third-order valence-corrected chi connectivity index (χ3v) is 6.25. The van der Waals surface area contributed by atoms with Crippen molar-refractivity contribution in [3.8, 4) is 5.75 Å². The highest BCUT2D eigenvalue weighted by Crippen LogP contribution is 2.38. The van der Waals surface area contributed by atoms with E-state index in [-0.39, 0.29) is 24.3 Å². The van der Waals surface area contributed by atoms with Crippen LogP contribution >= 0.6 is 11.6 Å². The summed E-state index contributed by atoms with van der Waals surface area (Å²) in [5.41, 5.74) is -0.929. The molecule has 0 amide bonds. The molecular formula is C28H22ClF5N2O. The standard InChI is InChI=1S/C28H22ClF5N2O/c1-37-25-14-23(30)9-7-19(25)16-36-27(15-18-5-3-2-4-6-18,26-10-8-22(29)17-35-26)20-11-21(28(32,33)34)13-24(31)12-20/h2-14,17,36H,15-16H2,1H3/t27-/m0/s1. The molecule has 4 rings (SSSR count). The summed E-state index contributed by atoms with van der Waals surface area (Å²) >= 11 is 6.06. The molecule has 0 spiro atoms. The summed E-state index contributed by atoms with van der Waals surface area (Å²) in [4.78, 5) is 4.42. The number of nitrogens with one attached hydrogen (secondary N) is 1. The number of alkyl halides is 3. The molecule has 1 aromatic heterocycles. The van der Waals surface area contributed by atoms with Crippen LogP contribution in [0.4, 0.5) is 22.0 Å². The fourth-order valence-electron chi connectivity index (χ4n) is 4.24. The number of halogens is 6. The monoisotopic (exact) mass is 532 g/mol. The second kappa shape index (κ2) is 10.9. The zero-order valence-electron chi connectivity index (χ0n) is 19.6. The lowest BCUT2D eigenvalue weighted by atomic mass is 9.79. The van der Waals surface area contributed by atoms with Crippen LogP contribution in [-0.4, -0.2) is 12.1 Å². The number of hydrogen-bond acceptors (Lipinski definition) is 3. The van der Waals surface area contributed by atoms with Gasteiger partial charge in [0.25, 0.3) is 0 Å². The van der Waals surface area contributed by atoms with Crippen molar-refractivity contribution < 1.29 is 26.7 Å².